The molecule has 1 aromatic heterocycles. The molecule has 0 aliphatic carbocycles. The first-order valence-electron chi connectivity index (χ1n) is 6.63. The quantitative estimate of drug-likeness (QED) is 0.580. The predicted octanol–water partition coefficient (Wildman–Crippen LogP) is 2.92. The molecule has 3 N–H and O–H groups in total. The number of nitrogens with one attached hydrogen (secondary N) is 2. The van der Waals surface area contributed by atoms with Crippen LogP contribution >= 0.6 is 23.2 Å². The zero-order valence-corrected chi connectivity index (χ0v) is 14.2. The number of hydrogen-bond acceptors (Lipinski definition) is 6. The molecule has 0 radical (unpaired) electrons. The van der Waals surface area contributed by atoms with Crippen LogP contribution in [0.4, 0.5) is 5.82 Å². The van der Waals surface area contributed by atoms with Gasteiger partial charge in [-0.1, -0.05) is 44.0 Å². The zero-order chi connectivity index (χ0) is 17.2. The minimum atomic E-state index is -0.577. The van der Waals surface area contributed by atoms with Gasteiger partial charge < -0.3 is 5.11 Å². The molecule has 0 unspecified atom stereocenters. The largest absolute Gasteiger partial charge is 0.505 e. The maximum absolute atomic E-state index is 11.3. The number of rotatable bonds is 3. The Morgan fingerprint density at radius 1 is 1.30 bits per heavy atom. The van der Waals surface area contributed by atoms with E-state index in [1.54, 1.807) is 0 Å². The van der Waals surface area contributed by atoms with Gasteiger partial charge in [0, 0.05) is 5.41 Å². The molecule has 0 saturated carbocycles. The van der Waals surface area contributed by atoms with Crippen molar-refractivity contribution in [3.05, 3.63) is 43.9 Å². The van der Waals surface area contributed by atoms with Gasteiger partial charge in [-0.15, -0.1) is 0 Å². The van der Waals surface area contributed by atoms with Gasteiger partial charge in [0.05, 0.1) is 16.3 Å². The van der Waals surface area contributed by atoms with Crippen LogP contribution in [0.25, 0.3) is 0 Å². The smallest absolute Gasteiger partial charge is 0.363 e. The topological polar surface area (TPSA) is 103 Å². The van der Waals surface area contributed by atoms with Crippen LogP contribution in [-0.4, -0.2) is 26.5 Å². The van der Waals surface area contributed by atoms with Gasteiger partial charge in [0.2, 0.25) is 0 Å². The Morgan fingerprint density at radius 3 is 2.48 bits per heavy atom. The summed E-state index contributed by atoms with van der Waals surface area (Å²) >= 11 is 11.7. The van der Waals surface area contributed by atoms with Crippen molar-refractivity contribution < 1.29 is 5.11 Å². The van der Waals surface area contributed by atoms with Crippen LogP contribution in [0.1, 0.15) is 32.0 Å². The molecule has 0 bridgehead atoms. The average Bonchev–Trinajstić information content (AvgIpc) is 2.43. The standard InChI is InChI=1S/C14H15Cl2N5O2/c1-14(2,3)11-12(18-13(23)21-19-11)20-17-6-7-4-8(15)10(22)9(16)5-7/h4-6,22H,1-3H3,(H2,18,20,21,23)/b17-6+. The molecule has 0 aliphatic heterocycles. The summed E-state index contributed by atoms with van der Waals surface area (Å²) in [7, 11) is 0. The van der Waals surface area contributed by atoms with E-state index in [1.165, 1.54) is 18.3 Å². The Bertz CT molecular complexity index is 789. The second-order valence-corrected chi connectivity index (χ2v) is 6.61. The van der Waals surface area contributed by atoms with Crippen molar-refractivity contribution in [1.29, 1.82) is 0 Å². The molecule has 2 rings (SSSR count). The first-order chi connectivity index (χ1) is 10.7. The third-order valence-corrected chi connectivity index (χ3v) is 3.41. The van der Waals surface area contributed by atoms with E-state index in [1.807, 2.05) is 20.8 Å². The van der Waals surface area contributed by atoms with Gasteiger partial charge >= 0.3 is 5.69 Å². The molecule has 0 atom stereocenters. The highest BCUT2D eigenvalue weighted by atomic mass is 35.5. The average molecular weight is 356 g/mol. The normalized spacial score (nSPS) is 11.9. The molecule has 0 aliphatic rings. The lowest BCUT2D eigenvalue weighted by atomic mass is 9.92. The number of nitrogens with zero attached hydrogens (tertiary/aromatic N) is 3. The lowest BCUT2D eigenvalue weighted by Gasteiger charge is -2.18. The molecule has 0 amide bonds. The lowest BCUT2D eigenvalue weighted by Crippen LogP contribution is -2.24. The van der Waals surface area contributed by atoms with E-state index in [0.717, 1.165) is 0 Å². The molecule has 0 saturated heterocycles. The summed E-state index contributed by atoms with van der Waals surface area (Å²) in [5.74, 6) is 0.0717. The summed E-state index contributed by atoms with van der Waals surface area (Å²) < 4.78 is 0. The minimum absolute atomic E-state index is 0.116. The van der Waals surface area contributed by atoms with Gasteiger partial charge in [0.25, 0.3) is 0 Å². The van der Waals surface area contributed by atoms with Crippen molar-refractivity contribution in [1.82, 2.24) is 15.2 Å². The fourth-order valence-corrected chi connectivity index (χ4v) is 2.27. The van der Waals surface area contributed by atoms with E-state index in [-0.39, 0.29) is 27.0 Å². The number of H-pyrrole nitrogens is 1. The monoisotopic (exact) mass is 355 g/mol. The molecule has 0 fully saturated rings. The number of hydrogen-bond donors (Lipinski definition) is 3. The molecule has 1 heterocycles. The Kier molecular flexibility index (Phi) is 4.91. The van der Waals surface area contributed by atoms with Crippen molar-refractivity contribution in [2.75, 3.05) is 5.43 Å². The van der Waals surface area contributed by atoms with Crippen molar-refractivity contribution >= 4 is 35.2 Å². The summed E-state index contributed by atoms with van der Waals surface area (Å²) in [6.07, 6.45) is 1.44. The number of aromatic hydroxyl groups is 1. The second-order valence-electron chi connectivity index (χ2n) is 5.79. The molecular weight excluding hydrogens is 341 g/mol. The van der Waals surface area contributed by atoms with Gasteiger partial charge in [-0.3, -0.25) is 5.43 Å². The van der Waals surface area contributed by atoms with Crippen LogP contribution in [0.5, 0.6) is 5.75 Å². The molecule has 0 spiro atoms. The van der Waals surface area contributed by atoms with Crippen LogP contribution in [0.3, 0.4) is 0 Å². The fourth-order valence-electron chi connectivity index (χ4n) is 1.76. The van der Waals surface area contributed by atoms with E-state index >= 15 is 0 Å². The number of hydrazone groups is 1. The Morgan fingerprint density at radius 2 is 1.91 bits per heavy atom. The fraction of sp³-hybridized carbons (Fsp3) is 0.286. The van der Waals surface area contributed by atoms with Gasteiger partial charge in [0.1, 0.15) is 5.69 Å². The van der Waals surface area contributed by atoms with Crippen LogP contribution < -0.4 is 11.1 Å². The number of aromatic amines is 1. The highest BCUT2D eigenvalue weighted by Crippen LogP contribution is 2.32. The van der Waals surface area contributed by atoms with Crippen LogP contribution in [0.15, 0.2) is 22.0 Å². The van der Waals surface area contributed by atoms with Crippen molar-refractivity contribution in [3.63, 3.8) is 0 Å². The molecule has 23 heavy (non-hydrogen) atoms. The van der Waals surface area contributed by atoms with Crippen molar-refractivity contribution in [3.8, 4) is 5.75 Å². The molecule has 9 heteroatoms. The number of halogens is 2. The second kappa shape index (κ2) is 6.55. The van der Waals surface area contributed by atoms with Gasteiger partial charge in [-0.2, -0.15) is 15.2 Å². The molecule has 122 valence electrons. The first-order valence-corrected chi connectivity index (χ1v) is 7.38. The lowest BCUT2D eigenvalue weighted by molar-refractivity contribution is 0.476. The summed E-state index contributed by atoms with van der Waals surface area (Å²) in [5, 5.41) is 20.1. The van der Waals surface area contributed by atoms with Crippen LogP contribution in [0.2, 0.25) is 10.0 Å². The van der Waals surface area contributed by atoms with Crippen molar-refractivity contribution in [2.24, 2.45) is 5.10 Å². The van der Waals surface area contributed by atoms with Gasteiger partial charge in [0.15, 0.2) is 11.6 Å². The SMILES string of the molecule is CC(C)(C)c1n[nH]c(=O)nc1N/N=C/c1cc(Cl)c(O)c(Cl)c1. The van der Waals surface area contributed by atoms with Crippen molar-refractivity contribution in [2.45, 2.75) is 26.2 Å². The molecule has 7 nitrogen and oxygen atoms in total. The highest BCUT2D eigenvalue weighted by Gasteiger charge is 2.21. The summed E-state index contributed by atoms with van der Waals surface area (Å²) in [4.78, 5) is 15.2. The van der Waals surface area contributed by atoms with E-state index in [9.17, 15) is 9.90 Å². The number of phenols is 1. The first kappa shape index (κ1) is 17.2. The molecule has 1 aromatic carbocycles. The van der Waals surface area contributed by atoms with E-state index in [4.69, 9.17) is 23.2 Å². The Balaban J connectivity index is 2.27. The number of benzene rings is 1. The number of anilines is 1. The van der Waals surface area contributed by atoms with E-state index < -0.39 is 5.69 Å². The van der Waals surface area contributed by atoms with Crippen LogP contribution in [0, 0.1) is 0 Å². The Labute approximate surface area is 142 Å². The van der Waals surface area contributed by atoms with E-state index in [0.29, 0.717) is 11.3 Å². The minimum Gasteiger partial charge on any atom is -0.505 e. The maximum Gasteiger partial charge on any atom is 0.363 e. The highest BCUT2D eigenvalue weighted by molar-refractivity contribution is 6.37. The summed E-state index contributed by atoms with van der Waals surface area (Å²) in [6.45, 7) is 5.80. The zero-order valence-electron chi connectivity index (χ0n) is 12.7. The van der Waals surface area contributed by atoms with E-state index in [2.05, 4.69) is 25.7 Å². The Hall–Kier alpha value is -2.12. The summed E-state index contributed by atoms with van der Waals surface area (Å²) in [5.41, 5.74) is 2.91. The summed E-state index contributed by atoms with van der Waals surface area (Å²) in [6, 6.07) is 3.00. The van der Waals surface area contributed by atoms with Crippen LogP contribution in [-0.2, 0) is 5.41 Å². The third-order valence-electron chi connectivity index (χ3n) is 2.83. The predicted molar refractivity (Wildman–Crippen MR) is 90.7 cm³/mol. The third kappa shape index (κ3) is 4.20. The molecular formula is C14H15Cl2N5O2. The van der Waals surface area contributed by atoms with Gasteiger partial charge in [-0.05, 0) is 17.7 Å². The van der Waals surface area contributed by atoms with Gasteiger partial charge in [-0.25, -0.2) is 9.89 Å². The molecule has 2 aromatic rings. The number of aromatic nitrogens is 3. The number of phenolic OH excluding ortho intramolecular Hbond substituents is 1. The maximum atomic E-state index is 11.3.